The minimum atomic E-state index is 0.492. The van der Waals surface area contributed by atoms with Crippen LogP contribution in [0.2, 0.25) is 0 Å². The third kappa shape index (κ3) is 3.37. The zero-order valence-corrected chi connectivity index (χ0v) is 11.2. The summed E-state index contributed by atoms with van der Waals surface area (Å²) in [6.45, 7) is 5.39. The summed E-state index contributed by atoms with van der Waals surface area (Å²) in [4.78, 5) is 5.73. The van der Waals surface area contributed by atoms with Gasteiger partial charge in [-0.15, -0.1) is 11.8 Å². The maximum absolute atomic E-state index is 4.40. The molecule has 2 aromatic rings. The lowest BCUT2D eigenvalue weighted by molar-refractivity contribution is 0.657. The van der Waals surface area contributed by atoms with Crippen molar-refractivity contribution in [2.24, 2.45) is 0 Å². The first-order valence-electron chi connectivity index (χ1n) is 5.96. The van der Waals surface area contributed by atoms with E-state index in [9.17, 15) is 0 Å². The van der Waals surface area contributed by atoms with Crippen LogP contribution in [0.5, 0.6) is 0 Å². The number of nitrogens with zero attached hydrogens (tertiary/aromatic N) is 2. The minimum Gasteiger partial charge on any atom is -0.334 e. The van der Waals surface area contributed by atoms with Crippen molar-refractivity contribution in [1.82, 2.24) is 9.55 Å². The molecule has 0 unspecified atom stereocenters. The first-order chi connectivity index (χ1) is 8.27. The summed E-state index contributed by atoms with van der Waals surface area (Å²) in [6, 6.07) is 10.5. The summed E-state index contributed by atoms with van der Waals surface area (Å²) in [7, 11) is 0. The molecule has 0 bridgehead atoms. The number of thioether (sulfide) groups is 1. The molecule has 0 aliphatic heterocycles. The van der Waals surface area contributed by atoms with E-state index in [1.54, 1.807) is 0 Å². The fourth-order valence-corrected chi connectivity index (χ4v) is 2.66. The average molecular weight is 246 g/mol. The largest absolute Gasteiger partial charge is 0.334 e. The quantitative estimate of drug-likeness (QED) is 0.747. The Hall–Kier alpha value is -1.22. The van der Waals surface area contributed by atoms with Crippen LogP contribution in [0, 0.1) is 0 Å². The normalized spacial score (nSPS) is 11.0. The first-order valence-corrected chi connectivity index (χ1v) is 6.95. The van der Waals surface area contributed by atoms with Gasteiger partial charge in [0.25, 0.3) is 0 Å². The molecule has 1 aromatic carbocycles. The molecule has 0 N–H and O–H groups in total. The molecule has 1 heterocycles. The molecule has 17 heavy (non-hydrogen) atoms. The van der Waals surface area contributed by atoms with Crippen molar-refractivity contribution in [3.8, 4) is 0 Å². The zero-order chi connectivity index (χ0) is 12.1. The number of hydrogen-bond acceptors (Lipinski definition) is 2. The first kappa shape index (κ1) is 12.2. The second kappa shape index (κ2) is 5.92. The fourth-order valence-electron chi connectivity index (χ4n) is 1.79. The summed E-state index contributed by atoms with van der Waals surface area (Å²) < 4.78 is 2.25. The van der Waals surface area contributed by atoms with Gasteiger partial charge in [-0.1, -0.05) is 32.0 Å². The van der Waals surface area contributed by atoms with E-state index in [1.165, 1.54) is 10.7 Å². The minimum absolute atomic E-state index is 0.492. The van der Waals surface area contributed by atoms with Crippen LogP contribution < -0.4 is 0 Å². The number of benzene rings is 1. The zero-order valence-electron chi connectivity index (χ0n) is 10.3. The van der Waals surface area contributed by atoms with Crippen molar-refractivity contribution in [2.75, 3.05) is 5.75 Å². The Morgan fingerprint density at radius 1 is 1.24 bits per heavy atom. The van der Waals surface area contributed by atoms with Crippen molar-refractivity contribution >= 4 is 11.8 Å². The molecule has 0 aliphatic carbocycles. The van der Waals surface area contributed by atoms with Gasteiger partial charge >= 0.3 is 0 Å². The van der Waals surface area contributed by atoms with Crippen LogP contribution in [0.3, 0.4) is 0 Å². The van der Waals surface area contributed by atoms with Gasteiger partial charge in [-0.25, -0.2) is 4.98 Å². The molecule has 3 heteroatoms. The average Bonchev–Trinajstić information content (AvgIpc) is 2.79. The van der Waals surface area contributed by atoms with E-state index in [0.29, 0.717) is 5.92 Å². The molecule has 0 aliphatic rings. The van der Waals surface area contributed by atoms with Crippen LogP contribution in [0.1, 0.15) is 25.6 Å². The summed E-state index contributed by atoms with van der Waals surface area (Å²) >= 11 is 1.89. The highest BCUT2D eigenvalue weighted by Crippen LogP contribution is 2.18. The van der Waals surface area contributed by atoms with Gasteiger partial charge in [0.2, 0.25) is 0 Å². The molecule has 0 amide bonds. The molecule has 2 rings (SSSR count). The molecule has 90 valence electrons. The molecular formula is C14H18N2S. The van der Waals surface area contributed by atoms with E-state index in [-0.39, 0.29) is 0 Å². The SMILES string of the molecule is CC(C)c1nccn1CCSc1ccccc1. The number of aryl methyl sites for hydroxylation is 1. The third-order valence-corrected chi connectivity index (χ3v) is 3.60. The van der Waals surface area contributed by atoms with Crippen molar-refractivity contribution in [3.63, 3.8) is 0 Å². The Balaban J connectivity index is 1.88. The van der Waals surface area contributed by atoms with E-state index in [4.69, 9.17) is 0 Å². The van der Waals surface area contributed by atoms with Crippen LogP contribution in [0.25, 0.3) is 0 Å². The Kier molecular flexibility index (Phi) is 4.26. The smallest absolute Gasteiger partial charge is 0.111 e. The van der Waals surface area contributed by atoms with Gasteiger partial charge in [0.1, 0.15) is 5.82 Å². The Morgan fingerprint density at radius 2 is 2.00 bits per heavy atom. The van der Waals surface area contributed by atoms with Crippen molar-refractivity contribution < 1.29 is 0 Å². The molecule has 0 saturated heterocycles. The van der Waals surface area contributed by atoms with E-state index >= 15 is 0 Å². The van der Waals surface area contributed by atoms with Crippen LogP contribution in [0.4, 0.5) is 0 Å². The van der Waals surface area contributed by atoms with Crippen LogP contribution >= 0.6 is 11.8 Å². The highest BCUT2D eigenvalue weighted by molar-refractivity contribution is 7.99. The molecule has 0 radical (unpaired) electrons. The Labute approximate surface area is 107 Å². The maximum atomic E-state index is 4.40. The third-order valence-electron chi connectivity index (χ3n) is 2.61. The lowest BCUT2D eigenvalue weighted by Gasteiger charge is -2.09. The van der Waals surface area contributed by atoms with E-state index in [1.807, 2.05) is 18.0 Å². The Morgan fingerprint density at radius 3 is 2.71 bits per heavy atom. The van der Waals surface area contributed by atoms with Gasteiger partial charge in [-0.2, -0.15) is 0 Å². The van der Waals surface area contributed by atoms with Crippen LogP contribution in [-0.2, 0) is 6.54 Å². The van der Waals surface area contributed by atoms with Gasteiger partial charge in [-0.3, -0.25) is 0 Å². The van der Waals surface area contributed by atoms with E-state index < -0.39 is 0 Å². The summed E-state index contributed by atoms with van der Waals surface area (Å²) in [5.74, 6) is 2.76. The van der Waals surface area contributed by atoms with Gasteiger partial charge in [0, 0.05) is 35.5 Å². The number of rotatable bonds is 5. The molecule has 0 spiro atoms. The highest BCUT2D eigenvalue weighted by Gasteiger charge is 2.06. The fraction of sp³-hybridized carbons (Fsp3) is 0.357. The van der Waals surface area contributed by atoms with E-state index in [2.05, 4.69) is 59.9 Å². The number of aromatic nitrogens is 2. The van der Waals surface area contributed by atoms with Crippen LogP contribution in [0.15, 0.2) is 47.6 Å². The Bertz CT molecular complexity index is 448. The molecule has 0 atom stereocenters. The molecule has 0 saturated carbocycles. The monoisotopic (exact) mass is 246 g/mol. The molecular weight excluding hydrogens is 228 g/mol. The summed E-state index contributed by atoms with van der Waals surface area (Å²) in [5.41, 5.74) is 0. The van der Waals surface area contributed by atoms with Gasteiger partial charge in [0.05, 0.1) is 0 Å². The lowest BCUT2D eigenvalue weighted by Crippen LogP contribution is -2.06. The molecule has 1 aromatic heterocycles. The predicted molar refractivity (Wildman–Crippen MR) is 73.5 cm³/mol. The van der Waals surface area contributed by atoms with Gasteiger partial charge in [0.15, 0.2) is 0 Å². The predicted octanol–water partition coefficient (Wildman–Crippen LogP) is 3.80. The van der Waals surface area contributed by atoms with Crippen molar-refractivity contribution in [3.05, 3.63) is 48.5 Å². The molecule has 0 fully saturated rings. The second-order valence-electron chi connectivity index (χ2n) is 4.30. The highest BCUT2D eigenvalue weighted by atomic mass is 32.2. The number of hydrogen-bond donors (Lipinski definition) is 0. The van der Waals surface area contributed by atoms with Gasteiger partial charge in [-0.05, 0) is 12.1 Å². The maximum Gasteiger partial charge on any atom is 0.111 e. The van der Waals surface area contributed by atoms with Crippen LogP contribution in [-0.4, -0.2) is 15.3 Å². The summed E-state index contributed by atoms with van der Waals surface area (Å²) in [6.07, 6.45) is 3.96. The number of imidazole rings is 1. The van der Waals surface area contributed by atoms with Crippen molar-refractivity contribution in [1.29, 1.82) is 0 Å². The second-order valence-corrected chi connectivity index (χ2v) is 5.46. The topological polar surface area (TPSA) is 17.8 Å². The van der Waals surface area contributed by atoms with E-state index in [0.717, 1.165) is 12.3 Å². The van der Waals surface area contributed by atoms with Gasteiger partial charge < -0.3 is 4.57 Å². The van der Waals surface area contributed by atoms with Crippen molar-refractivity contribution in [2.45, 2.75) is 31.2 Å². The summed E-state index contributed by atoms with van der Waals surface area (Å²) in [5, 5.41) is 0. The lowest BCUT2D eigenvalue weighted by atomic mass is 10.2. The molecule has 2 nitrogen and oxygen atoms in total. The standard InChI is InChI=1S/C14H18N2S/c1-12(2)14-15-8-9-16(14)10-11-17-13-6-4-3-5-7-13/h3-9,12H,10-11H2,1-2H3.